The second-order valence-corrected chi connectivity index (χ2v) is 5.54. The Bertz CT molecular complexity index is 456. The van der Waals surface area contributed by atoms with Gasteiger partial charge in [0.15, 0.2) is 0 Å². The Hall–Kier alpha value is -0.740. The Morgan fingerprint density at radius 3 is 2.93 bits per heavy atom. The fourth-order valence-electron chi connectivity index (χ4n) is 1.57. The molecule has 1 aromatic carbocycles. The molecule has 0 aromatic heterocycles. The summed E-state index contributed by atoms with van der Waals surface area (Å²) in [5.74, 6) is 0.165. The predicted octanol–water partition coefficient (Wildman–Crippen LogP) is 2.03. The lowest BCUT2D eigenvalue weighted by molar-refractivity contribution is 0.599. The number of fused-ring (bicyclic) bond motifs is 1. The first-order valence-corrected chi connectivity index (χ1v) is 6.39. The van der Waals surface area contributed by atoms with Crippen LogP contribution in [0.4, 0.5) is 5.69 Å². The summed E-state index contributed by atoms with van der Waals surface area (Å²) in [5.41, 5.74) is 1.52. The lowest BCUT2D eigenvalue weighted by Gasteiger charge is -2.07. The number of halogens is 1. The van der Waals surface area contributed by atoms with E-state index in [4.69, 9.17) is 11.6 Å². The maximum atomic E-state index is 11.4. The molecule has 1 aromatic rings. The molecule has 0 unspecified atom stereocenters. The van der Waals surface area contributed by atoms with Gasteiger partial charge in [0.05, 0.1) is 11.4 Å². The Kier molecular flexibility index (Phi) is 2.41. The van der Waals surface area contributed by atoms with Gasteiger partial charge >= 0.3 is 0 Å². The molecule has 0 amide bonds. The first kappa shape index (κ1) is 9.80. The normalized spacial score (nSPS) is 19.2. The molecule has 14 heavy (non-hydrogen) atoms. The molecule has 0 saturated carbocycles. The van der Waals surface area contributed by atoms with E-state index in [9.17, 15) is 8.42 Å². The van der Waals surface area contributed by atoms with Crippen molar-refractivity contribution in [2.75, 3.05) is 10.5 Å². The average Bonchev–Trinajstić information content (AvgIpc) is 2.23. The third-order valence-corrected chi connectivity index (χ3v) is 3.94. The highest BCUT2D eigenvalue weighted by atomic mass is 35.5. The quantitative estimate of drug-likeness (QED) is 0.743. The van der Waals surface area contributed by atoms with Crippen LogP contribution in [0.15, 0.2) is 18.2 Å². The molecule has 2 rings (SSSR count). The summed E-state index contributed by atoms with van der Waals surface area (Å²) in [6, 6.07) is 5.26. The van der Waals surface area contributed by atoms with Gasteiger partial charge in [-0.25, -0.2) is 8.42 Å². The summed E-state index contributed by atoms with van der Waals surface area (Å²) < 4.78 is 25.3. The SMILES string of the molecule is O=S1(=O)CCCc2c(Cl)cccc2N1. The van der Waals surface area contributed by atoms with Gasteiger partial charge in [0, 0.05) is 5.02 Å². The molecule has 0 aliphatic carbocycles. The largest absolute Gasteiger partial charge is 0.283 e. The highest BCUT2D eigenvalue weighted by Gasteiger charge is 2.18. The first-order chi connectivity index (χ1) is 6.58. The summed E-state index contributed by atoms with van der Waals surface area (Å²) in [7, 11) is -3.16. The standard InChI is InChI=1S/C9H10ClNO2S/c10-8-4-1-5-9-7(8)3-2-6-14(12,13)11-9/h1,4-5,11H,2-3,6H2. The fraction of sp³-hybridized carbons (Fsp3) is 0.333. The summed E-state index contributed by atoms with van der Waals surface area (Å²) >= 11 is 5.97. The van der Waals surface area contributed by atoms with Crippen molar-refractivity contribution in [2.24, 2.45) is 0 Å². The van der Waals surface area contributed by atoms with Gasteiger partial charge in [-0.15, -0.1) is 0 Å². The molecule has 0 saturated heterocycles. The molecule has 1 aliphatic heterocycles. The second-order valence-electron chi connectivity index (χ2n) is 3.29. The summed E-state index contributed by atoms with van der Waals surface area (Å²) in [5, 5.41) is 0.632. The van der Waals surface area contributed by atoms with E-state index in [2.05, 4.69) is 4.72 Å². The van der Waals surface area contributed by atoms with Gasteiger partial charge < -0.3 is 0 Å². The van der Waals surface area contributed by atoms with Gasteiger partial charge in [-0.05, 0) is 30.5 Å². The lowest BCUT2D eigenvalue weighted by atomic mass is 10.1. The zero-order valence-corrected chi connectivity index (χ0v) is 9.03. The third kappa shape index (κ3) is 1.86. The van der Waals surface area contributed by atoms with Crippen LogP contribution in [0.5, 0.6) is 0 Å². The van der Waals surface area contributed by atoms with Crippen molar-refractivity contribution in [3.05, 3.63) is 28.8 Å². The summed E-state index contributed by atoms with van der Waals surface area (Å²) in [6.07, 6.45) is 1.33. The summed E-state index contributed by atoms with van der Waals surface area (Å²) in [4.78, 5) is 0. The van der Waals surface area contributed by atoms with E-state index >= 15 is 0 Å². The van der Waals surface area contributed by atoms with Gasteiger partial charge in [0.1, 0.15) is 0 Å². The molecule has 1 aliphatic rings. The molecule has 0 fully saturated rings. The minimum Gasteiger partial charge on any atom is -0.283 e. The predicted molar refractivity (Wildman–Crippen MR) is 57.2 cm³/mol. The zero-order valence-electron chi connectivity index (χ0n) is 7.46. The highest BCUT2D eigenvalue weighted by Crippen LogP contribution is 2.28. The number of hydrogen-bond acceptors (Lipinski definition) is 2. The molecule has 0 radical (unpaired) electrons. The van der Waals surface area contributed by atoms with E-state index in [-0.39, 0.29) is 5.75 Å². The van der Waals surface area contributed by atoms with Crippen LogP contribution in [0.25, 0.3) is 0 Å². The second kappa shape index (κ2) is 3.44. The fourth-order valence-corrected chi connectivity index (χ4v) is 2.99. The number of benzene rings is 1. The van der Waals surface area contributed by atoms with Crippen LogP contribution < -0.4 is 4.72 Å². The van der Waals surface area contributed by atoms with Crippen LogP contribution in [0, 0.1) is 0 Å². The van der Waals surface area contributed by atoms with Crippen molar-refractivity contribution in [3.8, 4) is 0 Å². The van der Waals surface area contributed by atoms with Crippen molar-refractivity contribution in [3.63, 3.8) is 0 Å². The van der Waals surface area contributed by atoms with Gasteiger partial charge in [0.2, 0.25) is 10.0 Å². The highest BCUT2D eigenvalue weighted by molar-refractivity contribution is 7.92. The maximum absolute atomic E-state index is 11.4. The topological polar surface area (TPSA) is 46.2 Å². The van der Waals surface area contributed by atoms with Crippen molar-refractivity contribution in [2.45, 2.75) is 12.8 Å². The molecule has 5 heteroatoms. The van der Waals surface area contributed by atoms with Crippen LogP contribution in [-0.4, -0.2) is 14.2 Å². The molecule has 76 valence electrons. The Balaban J connectivity index is 2.52. The average molecular weight is 232 g/mol. The van der Waals surface area contributed by atoms with Gasteiger partial charge in [-0.2, -0.15) is 0 Å². The van der Waals surface area contributed by atoms with E-state index in [0.29, 0.717) is 23.6 Å². The van der Waals surface area contributed by atoms with Gasteiger partial charge in [-0.3, -0.25) is 4.72 Å². The number of hydrogen-bond donors (Lipinski definition) is 1. The van der Waals surface area contributed by atoms with Gasteiger partial charge in [-0.1, -0.05) is 17.7 Å². The van der Waals surface area contributed by atoms with E-state index < -0.39 is 10.0 Å². The van der Waals surface area contributed by atoms with E-state index in [1.165, 1.54) is 0 Å². The number of nitrogens with one attached hydrogen (secondary N) is 1. The van der Waals surface area contributed by atoms with Crippen LogP contribution in [-0.2, 0) is 16.4 Å². The first-order valence-electron chi connectivity index (χ1n) is 4.36. The molecule has 1 N–H and O–H groups in total. The lowest BCUT2D eigenvalue weighted by Crippen LogP contribution is -2.14. The molecule has 3 nitrogen and oxygen atoms in total. The van der Waals surface area contributed by atoms with Crippen molar-refractivity contribution in [1.82, 2.24) is 0 Å². The van der Waals surface area contributed by atoms with E-state index in [0.717, 1.165) is 5.56 Å². The monoisotopic (exact) mass is 231 g/mol. The Morgan fingerprint density at radius 1 is 1.36 bits per heavy atom. The minimum absolute atomic E-state index is 0.165. The van der Waals surface area contributed by atoms with E-state index in [1.54, 1.807) is 18.2 Å². The maximum Gasteiger partial charge on any atom is 0.232 e. The number of rotatable bonds is 0. The molecule has 1 heterocycles. The molecule has 0 atom stereocenters. The van der Waals surface area contributed by atoms with Crippen LogP contribution in [0.2, 0.25) is 5.02 Å². The molecule has 0 bridgehead atoms. The van der Waals surface area contributed by atoms with Crippen LogP contribution in [0.3, 0.4) is 0 Å². The van der Waals surface area contributed by atoms with Gasteiger partial charge in [0.25, 0.3) is 0 Å². The zero-order chi connectivity index (χ0) is 10.2. The number of sulfonamides is 1. The van der Waals surface area contributed by atoms with Crippen molar-refractivity contribution < 1.29 is 8.42 Å². The molecular weight excluding hydrogens is 222 g/mol. The number of anilines is 1. The molecular formula is C9H10ClNO2S. The summed E-state index contributed by atoms with van der Waals surface area (Å²) in [6.45, 7) is 0. The Labute approximate surface area is 88.1 Å². The smallest absolute Gasteiger partial charge is 0.232 e. The van der Waals surface area contributed by atoms with Crippen LogP contribution >= 0.6 is 11.6 Å². The van der Waals surface area contributed by atoms with E-state index in [1.807, 2.05) is 0 Å². The van der Waals surface area contributed by atoms with Crippen molar-refractivity contribution in [1.29, 1.82) is 0 Å². The molecule has 0 spiro atoms. The minimum atomic E-state index is -3.16. The third-order valence-electron chi connectivity index (χ3n) is 2.22. The van der Waals surface area contributed by atoms with Crippen molar-refractivity contribution >= 4 is 27.3 Å². The van der Waals surface area contributed by atoms with Crippen LogP contribution in [0.1, 0.15) is 12.0 Å². The Morgan fingerprint density at radius 2 is 2.14 bits per heavy atom.